The largest absolute Gasteiger partial charge is 0.352 e. The van der Waals surface area contributed by atoms with Crippen LogP contribution in [0.4, 0.5) is 0 Å². The maximum absolute atomic E-state index is 12.0. The minimum absolute atomic E-state index is 0.0261. The standard InChI is InChI=1S/C16H19N3O4S/c20-15(17-11-8-9-24(22,23)10-11)7-3-6-14-18-13-5-2-1-4-12(13)16(21)19-14/h1-2,4-5,11H,3,6-10H2,(H,17,20)(H,18,19,21)/t11-/m1/s1. The molecule has 1 fully saturated rings. The number of nitrogens with zero attached hydrogens (tertiary/aromatic N) is 1. The molecule has 3 rings (SSSR count). The molecule has 1 atom stereocenters. The van der Waals surface area contributed by atoms with Crippen molar-refractivity contribution in [2.75, 3.05) is 11.5 Å². The average Bonchev–Trinajstić information content (AvgIpc) is 2.86. The third-order valence-corrected chi connectivity index (χ3v) is 5.84. The number of carbonyl (C=O) groups excluding carboxylic acids is 1. The Morgan fingerprint density at radius 2 is 2.12 bits per heavy atom. The normalized spacial score (nSPS) is 19.4. The Balaban J connectivity index is 1.53. The van der Waals surface area contributed by atoms with Crippen LogP contribution in [-0.4, -0.2) is 41.8 Å². The highest BCUT2D eigenvalue weighted by Crippen LogP contribution is 2.12. The highest BCUT2D eigenvalue weighted by atomic mass is 32.2. The minimum atomic E-state index is -2.99. The monoisotopic (exact) mass is 349 g/mol. The molecular formula is C16H19N3O4S. The summed E-state index contributed by atoms with van der Waals surface area (Å²) in [6, 6.07) is 6.82. The second-order valence-corrected chi connectivity index (χ2v) is 8.28. The van der Waals surface area contributed by atoms with Gasteiger partial charge in [0.15, 0.2) is 9.84 Å². The van der Waals surface area contributed by atoms with Crippen LogP contribution in [-0.2, 0) is 21.1 Å². The van der Waals surface area contributed by atoms with Gasteiger partial charge in [0, 0.05) is 18.9 Å². The van der Waals surface area contributed by atoms with Gasteiger partial charge >= 0.3 is 0 Å². The lowest BCUT2D eigenvalue weighted by molar-refractivity contribution is -0.121. The van der Waals surface area contributed by atoms with Gasteiger partial charge < -0.3 is 10.3 Å². The quantitative estimate of drug-likeness (QED) is 0.819. The van der Waals surface area contributed by atoms with E-state index in [4.69, 9.17) is 0 Å². The van der Waals surface area contributed by atoms with Crippen molar-refractivity contribution in [1.29, 1.82) is 0 Å². The van der Waals surface area contributed by atoms with Gasteiger partial charge in [0.05, 0.1) is 22.4 Å². The Bertz CT molecular complexity index is 920. The lowest BCUT2D eigenvalue weighted by atomic mass is 10.2. The molecule has 0 aliphatic carbocycles. The van der Waals surface area contributed by atoms with Crippen LogP contribution in [0.5, 0.6) is 0 Å². The topological polar surface area (TPSA) is 109 Å². The number of benzene rings is 1. The maximum atomic E-state index is 12.0. The van der Waals surface area contributed by atoms with Crippen LogP contribution < -0.4 is 10.9 Å². The van der Waals surface area contributed by atoms with Crippen molar-refractivity contribution >= 4 is 26.6 Å². The molecule has 8 heteroatoms. The van der Waals surface area contributed by atoms with Crippen LogP contribution in [0.25, 0.3) is 10.9 Å². The van der Waals surface area contributed by atoms with Gasteiger partial charge in [-0.15, -0.1) is 0 Å². The Morgan fingerprint density at radius 3 is 2.88 bits per heavy atom. The highest BCUT2D eigenvalue weighted by molar-refractivity contribution is 7.91. The number of hydrogen-bond acceptors (Lipinski definition) is 5. The Morgan fingerprint density at radius 1 is 1.33 bits per heavy atom. The van der Waals surface area contributed by atoms with Crippen molar-refractivity contribution < 1.29 is 13.2 Å². The number of H-pyrrole nitrogens is 1. The molecule has 1 aliphatic heterocycles. The number of sulfone groups is 1. The number of para-hydroxylation sites is 1. The Labute approximate surface area is 139 Å². The van der Waals surface area contributed by atoms with E-state index in [2.05, 4.69) is 15.3 Å². The highest BCUT2D eigenvalue weighted by Gasteiger charge is 2.28. The molecule has 0 bridgehead atoms. The molecule has 1 aromatic heterocycles. The molecule has 0 unspecified atom stereocenters. The van der Waals surface area contributed by atoms with Gasteiger partial charge in [0.2, 0.25) is 5.91 Å². The molecule has 1 aliphatic rings. The molecular weight excluding hydrogens is 330 g/mol. The molecule has 2 aromatic rings. The van der Waals surface area contributed by atoms with Crippen molar-refractivity contribution in [3.8, 4) is 0 Å². The zero-order valence-electron chi connectivity index (χ0n) is 13.1. The van der Waals surface area contributed by atoms with E-state index in [0.717, 1.165) is 0 Å². The Hall–Kier alpha value is -2.22. The molecule has 24 heavy (non-hydrogen) atoms. The predicted molar refractivity (Wildman–Crippen MR) is 90.5 cm³/mol. The zero-order chi connectivity index (χ0) is 17.2. The molecule has 7 nitrogen and oxygen atoms in total. The Kier molecular flexibility index (Phi) is 4.66. The maximum Gasteiger partial charge on any atom is 0.258 e. The number of fused-ring (bicyclic) bond motifs is 1. The fourth-order valence-electron chi connectivity index (χ4n) is 2.88. The molecule has 1 aromatic carbocycles. The summed E-state index contributed by atoms with van der Waals surface area (Å²) in [5.74, 6) is 0.550. The van der Waals surface area contributed by atoms with Crippen LogP contribution in [0.1, 0.15) is 25.1 Å². The van der Waals surface area contributed by atoms with E-state index in [0.29, 0.717) is 36.0 Å². The number of aromatic nitrogens is 2. The lowest BCUT2D eigenvalue weighted by Crippen LogP contribution is -2.35. The molecule has 2 N–H and O–H groups in total. The predicted octanol–water partition coefficient (Wildman–Crippen LogP) is 0.549. The number of rotatable bonds is 5. The lowest BCUT2D eigenvalue weighted by Gasteiger charge is -2.10. The SMILES string of the molecule is O=C(CCCc1nc2ccccc2c(=O)[nH]1)N[C@@H]1CCS(=O)(=O)C1. The van der Waals surface area contributed by atoms with Gasteiger partial charge in [-0.2, -0.15) is 0 Å². The van der Waals surface area contributed by atoms with Crippen molar-refractivity contribution in [2.24, 2.45) is 0 Å². The third kappa shape index (κ3) is 4.00. The smallest absolute Gasteiger partial charge is 0.258 e. The summed E-state index contributed by atoms with van der Waals surface area (Å²) in [6.45, 7) is 0. The van der Waals surface area contributed by atoms with E-state index in [1.165, 1.54) is 0 Å². The van der Waals surface area contributed by atoms with Gasteiger partial charge in [-0.05, 0) is 25.0 Å². The summed E-state index contributed by atoms with van der Waals surface area (Å²) in [5, 5.41) is 3.29. The summed E-state index contributed by atoms with van der Waals surface area (Å²) < 4.78 is 22.7. The van der Waals surface area contributed by atoms with Gasteiger partial charge in [0.1, 0.15) is 5.82 Å². The van der Waals surface area contributed by atoms with Crippen molar-refractivity contribution in [3.63, 3.8) is 0 Å². The molecule has 0 spiro atoms. The van der Waals surface area contributed by atoms with Crippen LogP contribution in [0.3, 0.4) is 0 Å². The molecule has 0 saturated carbocycles. The summed E-state index contributed by atoms with van der Waals surface area (Å²) in [7, 11) is -2.99. The molecule has 1 amide bonds. The van der Waals surface area contributed by atoms with Gasteiger partial charge in [0.25, 0.3) is 5.56 Å². The minimum Gasteiger partial charge on any atom is -0.352 e. The van der Waals surface area contributed by atoms with Crippen LogP contribution in [0.15, 0.2) is 29.1 Å². The average molecular weight is 349 g/mol. The summed E-state index contributed by atoms with van der Waals surface area (Å²) >= 11 is 0. The first-order valence-electron chi connectivity index (χ1n) is 7.91. The van der Waals surface area contributed by atoms with E-state index < -0.39 is 9.84 Å². The van der Waals surface area contributed by atoms with Gasteiger partial charge in [-0.3, -0.25) is 9.59 Å². The number of aromatic amines is 1. The number of hydrogen-bond donors (Lipinski definition) is 2. The van der Waals surface area contributed by atoms with Crippen molar-refractivity contribution in [1.82, 2.24) is 15.3 Å². The second-order valence-electron chi connectivity index (χ2n) is 6.05. The van der Waals surface area contributed by atoms with E-state index in [1.54, 1.807) is 18.2 Å². The first-order valence-corrected chi connectivity index (χ1v) is 9.73. The molecule has 128 valence electrons. The summed E-state index contributed by atoms with van der Waals surface area (Å²) in [4.78, 5) is 31.0. The number of aryl methyl sites for hydroxylation is 1. The van der Waals surface area contributed by atoms with E-state index in [9.17, 15) is 18.0 Å². The number of nitrogens with one attached hydrogen (secondary N) is 2. The number of carbonyl (C=O) groups is 1. The fourth-order valence-corrected chi connectivity index (χ4v) is 4.55. The summed E-state index contributed by atoms with van der Waals surface area (Å²) in [6.07, 6.45) is 1.77. The van der Waals surface area contributed by atoms with E-state index >= 15 is 0 Å². The van der Waals surface area contributed by atoms with Crippen LogP contribution in [0.2, 0.25) is 0 Å². The van der Waals surface area contributed by atoms with Crippen molar-refractivity contribution in [3.05, 3.63) is 40.4 Å². The first kappa shape index (κ1) is 16.6. The second kappa shape index (κ2) is 6.72. The van der Waals surface area contributed by atoms with E-state index in [-0.39, 0.29) is 35.4 Å². The van der Waals surface area contributed by atoms with Crippen LogP contribution in [0, 0.1) is 0 Å². The number of amides is 1. The third-order valence-electron chi connectivity index (χ3n) is 4.08. The molecule has 0 radical (unpaired) electrons. The van der Waals surface area contributed by atoms with E-state index in [1.807, 2.05) is 6.07 Å². The first-order chi connectivity index (χ1) is 11.4. The molecule has 1 saturated heterocycles. The molecule has 2 heterocycles. The van der Waals surface area contributed by atoms with Crippen molar-refractivity contribution in [2.45, 2.75) is 31.7 Å². The van der Waals surface area contributed by atoms with Crippen LogP contribution >= 0.6 is 0 Å². The van der Waals surface area contributed by atoms with Gasteiger partial charge in [-0.25, -0.2) is 13.4 Å². The zero-order valence-corrected chi connectivity index (χ0v) is 13.9. The summed E-state index contributed by atoms with van der Waals surface area (Å²) in [5.41, 5.74) is 0.452. The fraction of sp³-hybridized carbons (Fsp3) is 0.438. The van der Waals surface area contributed by atoms with Gasteiger partial charge in [-0.1, -0.05) is 12.1 Å².